The first-order chi connectivity index (χ1) is 16.9. The van der Waals surface area contributed by atoms with Crippen LogP contribution in [0.15, 0.2) is 19.7 Å². The number of aliphatic hydroxyl groups is 1. The van der Waals surface area contributed by atoms with E-state index in [0.717, 1.165) is 78.2 Å². The number of nitrogens with zero attached hydrogens (tertiary/aromatic N) is 1. The van der Waals surface area contributed by atoms with Gasteiger partial charge in [-0.05, 0) is 70.4 Å². The van der Waals surface area contributed by atoms with Gasteiger partial charge in [0.25, 0.3) is 0 Å². The van der Waals surface area contributed by atoms with Gasteiger partial charge in [-0.25, -0.2) is 4.79 Å². The molecule has 1 saturated carbocycles. The molecular formula is C29H35NO5. The maximum absolute atomic E-state index is 13.1. The molecule has 6 heteroatoms. The third-order valence-electron chi connectivity index (χ3n) is 9.09. The smallest absolute Gasteiger partial charge is 0.339 e. The van der Waals surface area contributed by atoms with Crippen LogP contribution in [0.2, 0.25) is 0 Å². The van der Waals surface area contributed by atoms with Crippen molar-refractivity contribution in [2.45, 2.75) is 90.1 Å². The molecule has 6 rings (SSSR count). The number of hydrogen-bond donors (Lipinski definition) is 1. The van der Waals surface area contributed by atoms with E-state index >= 15 is 0 Å². The molecule has 2 aliphatic carbocycles. The molecule has 2 fully saturated rings. The number of amides is 1. The van der Waals surface area contributed by atoms with Gasteiger partial charge >= 0.3 is 5.63 Å². The zero-order chi connectivity index (χ0) is 24.3. The molecule has 1 aliphatic heterocycles. The van der Waals surface area contributed by atoms with Crippen LogP contribution in [-0.2, 0) is 24.1 Å². The molecule has 0 spiro atoms. The second-order valence-corrected chi connectivity index (χ2v) is 11.1. The highest BCUT2D eigenvalue weighted by atomic mass is 16.4. The van der Waals surface area contributed by atoms with E-state index in [1.807, 2.05) is 18.7 Å². The number of furan rings is 1. The van der Waals surface area contributed by atoms with E-state index in [1.165, 1.54) is 12.0 Å². The molecule has 0 unspecified atom stereocenters. The van der Waals surface area contributed by atoms with Gasteiger partial charge in [-0.15, -0.1) is 0 Å². The third-order valence-corrected chi connectivity index (χ3v) is 9.09. The number of carbonyl (C=O) groups excluding carboxylic acids is 1. The van der Waals surface area contributed by atoms with Crippen LogP contribution in [-0.4, -0.2) is 34.6 Å². The van der Waals surface area contributed by atoms with Gasteiger partial charge in [-0.3, -0.25) is 4.79 Å². The van der Waals surface area contributed by atoms with Crippen molar-refractivity contribution in [3.05, 3.63) is 44.5 Å². The lowest BCUT2D eigenvalue weighted by Gasteiger charge is -2.47. The van der Waals surface area contributed by atoms with Crippen LogP contribution in [0.3, 0.4) is 0 Å². The topological polar surface area (TPSA) is 83.9 Å². The predicted octanol–water partition coefficient (Wildman–Crippen LogP) is 5.12. The molecule has 1 amide bonds. The quantitative estimate of drug-likeness (QED) is 0.529. The average molecular weight is 478 g/mol. The Labute approximate surface area is 205 Å². The molecule has 0 bridgehead atoms. The summed E-state index contributed by atoms with van der Waals surface area (Å²) in [5.41, 5.74) is 4.14. The van der Waals surface area contributed by atoms with Crippen molar-refractivity contribution in [2.75, 3.05) is 13.1 Å². The maximum atomic E-state index is 13.1. The minimum Gasteiger partial charge on any atom is -0.460 e. The number of carbonyl (C=O) groups is 1. The molecule has 1 saturated heterocycles. The van der Waals surface area contributed by atoms with Crippen LogP contribution in [0.4, 0.5) is 0 Å². The minimum atomic E-state index is -0.597. The summed E-state index contributed by atoms with van der Waals surface area (Å²) in [6, 6.07) is 2.13. The van der Waals surface area contributed by atoms with Gasteiger partial charge in [0.2, 0.25) is 5.91 Å². The second kappa shape index (κ2) is 8.51. The Balaban J connectivity index is 1.27. The second-order valence-electron chi connectivity index (χ2n) is 11.1. The first-order valence-corrected chi connectivity index (χ1v) is 13.4. The summed E-state index contributed by atoms with van der Waals surface area (Å²) >= 11 is 0. The van der Waals surface area contributed by atoms with Crippen molar-refractivity contribution < 1.29 is 18.7 Å². The lowest BCUT2D eigenvalue weighted by Crippen LogP contribution is -2.54. The van der Waals surface area contributed by atoms with Crippen LogP contribution in [0.1, 0.15) is 79.4 Å². The fraction of sp³-hybridized carbons (Fsp3) is 0.586. The Hall–Kier alpha value is -2.60. The molecule has 2 atom stereocenters. The lowest BCUT2D eigenvalue weighted by molar-refractivity contribution is -0.143. The standard InChI is InChI=1S/C29H35NO5/c1-17-20(10-11-25(31)30-14-13-29(33)12-6-5-7-19(29)16-30)28(32)35-26-18(2)27-23(15-22(17)26)21-8-3-4-9-24(21)34-27/h15,19,33H,3-14,16H2,1-2H3/t19-,29+/m1/s1. The highest BCUT2D eigenvalue weighted by molar-refractivity contribution is 6.00. The Bertz CT molecular complexity index is 1380. The molecule has 186 valence electrons. The van der Waals surface area contributed by atoms with Crippen molar-refractivity contribution in [1.29, 1.82) is 0 Å². The Kier molecular flexibility index (Phi) is 5.55. The highest BCUT2D eigenvalue weighted by Crippen LogP contribution is 2.40. The number of hydrogen-bond acceptors (Lipinski definition) is 5. The van der Waals surface area contributed by atoms with Crippen molar-refractivity contribution in [2.24, 2.45) is 5.92 Å². The van der Waals surface area contributed by atoms with Gasteiger partial charge in [-0.1, -0.05) is 12.8 Å². The van der Waals surface area contributed by atoms with E-state index in [2.05, 4.69) is 6.07 Å². The first kappa shape index (κ1) is 22.8. The van der Waals surface area contributed by atoms with E-state index in [-0.39, 0.29) is 23.9 Å². The molecular weight excluding hydrogens is 442 g/mol. The largest absolute Gasteiger partial charge is 0.460 e. The SMILES string of the molecule is Cc1c(CCC(=O)N2CC[C@@]3(O)CCCC[C@@H]3C2)c(=O)oc2c(C)c3oc4c(c3cc12)CCCC4. The summed E-state index contributed by atoms with van der Waals surface area (Å²) in [5, 5.41) is 13.0. The van der Waals surface area contributed by atoms with Crippen molar-refractivity contribution >= 4 is 27.8 Å². The molecule has 1 aromatic carbocycles. The zero-order valence-corrected chi connectivity index (χ0v) is 20.9. The van der Waals surface area contributed by atoms with Gasteiger partial charge in [0.05, 0.1) is 5.60 Å². The third kappa shape index (κ3) is 3.72. The molecule has 3 heterocycles. The van der Waals surface area contributed by atoms with Crippen molar-refractivity contribution in [3.63, 3.8) is 0 Å². The fourth-order valence-electron chi connectivity index (χ4n) is 6.89. The van der Waals surface area contributed by atoms with Crippen molar-refractivity contribution in [1.82, 2.24) is 4.90 Å². The molecule has 35 heavy (non-hydrogen) atoms. The lowest BCUT2D eigenvalue weighted by atomic mass is 9.71. The maximum Gasteiger partial charge on any atom is 0.339 e. The summed E-state index contributed by atoms with van der Waals surface area (Å²) in [6.07, 6.45) is 9.65. The molecule has 2 aromatic heterocycles. The van der Waals surface area contributed by atoms with E-state index in [9.17, 15) is 14.7 Å². The Morgan fingerprint density at radius 3 is 2.71 bits per heavy atom. The van der Waals surface area contributed by atoms with E-state index in [4.69, 9.17) is 8.83 Å². The molecule has 3 aromatic rings. The van der Waals surface area contributed by atoms with Gasteiger partial charge in [-0.2, -0.15) is 0 Å². The number of fused-ring (bicyclic) bond motifs is 5. The van der Waals surface area contributed by atoms with E-state index < -0.39 is 5.60 Å². The van der Waals surface area contributed by atoms with Gasteiger partial charge in [0.1, 0.15) is 16.9 Å². The molecule has 6 nitrogen and oxygen atoms in total. The first-order valence-electron chi connectivity index (χ1n) is 13.4. The van der Waals surface area contributed by atoms with E-state index in [0.29, 0.717) is 37.1 Å². The van der Waals surface area contributed by atoms with E-state index in [1.54, 1.807) is 0 Å². The molecule has 0 radical (unpaired) electrons. The number of rotatable bonds is 3. The highest BCUT2D eigenvalue weighted by Gasteiger charge is 2.43. The fourth-order valence-corrected chi connectivity index (χ4v) is 6.89. The zero-order valence-electron chi connectivity index (χ0n) is 20.9. The van der Waals surface area contributed by atoms with Crippen LogP contribution in [0.5, 0.6) is 0 Å². The Morgan fingerprint density at radius 1 is 1.06 bits per heavy atom. The number of benzene rings is 1. The summed E-state index contributed by atoms with van der Waals surface area (Å²) in [5.74, 6) is 1.31. The van der Waals surface area contributed by atoms with Crippen LogP contribution in [0.25, 0.3) is 21.9 Å². The summed E-state index contributed by atoms with van der Waals surface area (Å²) < 4.78 is 12.0. The summed E-state index contributed by atoms with van der Waals surface area (Å²) in [6.45, 7) is 5.16. The number of piperidine rings is 1. The summed E-state index contributed by atoms with van der Waals surface area (Å²) in [4.78, 5) is 28.0. The van der Waals surface area contributed by atoms with Gasteiger partial charge < -0.3 is 18.8 Å². The number of likely N-dealkylation sites (tertiary alicyclic amines) is 1. The van der Waals surface area contributed by atoms with Gasteiger partial charge in [0, 0.05) is 59.3 Å². The number of aryl methyl sites for hydroxylation is 4. The van der Waals surface area contributed by atoms with Crippen molar-refractivity contribution in [3.8, 4) is 0 Å². The normalized spacial score (nSPS) is 24.5. The minimum absolute atomic E-state index is 0.0621. The molecule has 1 N–H and O–H groups in total. The van der Waals surface area contributed by atoms with Crippen LogP contribution >= 0.6 is 0 Å². The Morgan fingerprint density at radius 2 is 1.86 bits per heavy atom. The van der Waals surface area contributed by atoms with Gasteiger partial charge in [0.15, 0.2) is 0 Å². The molecule has 3 aliphatic rings. The average Bonchev–Trinajstić information content (AvgIpc) is 3.23. The predicted molar refractivity (Wildman–Crippen MR) is 135 cm³/mol. The monoisotopic (exact) mass is 477 g/mol. The van der Waals surface area contributed by atoms with Crippen LogP contribution < -0.4 is 5.63 Å². The van der Waals surface area contributed by atoms with Crippen LogP contribution in [0, 0.1) is 19.8 Å². The summed E-state index contributed by atoms with van der Waals surface area (Å²) in [7, 11) is 0.